The average molecular weight is 307 g/mol. The Morgan fingerprint density at radius 2 is 2.19 bits per heavy atom. The number of rotatable bonds is 3. The Morgan fingerprint density at radius 1 is 1.43 bits per heavy atom. The van der Waals surface area contributed by atoms with Crippen molar-refractivity contribution in [2.75, 3.05) is 13.1 Å². The van der Waals surface area contributed by atoms with Gasteiger partial charge < -0.3 is 14.1 Å². The molecule has 0 unspecified atom stereocenters. The van der Waals surface area contributed by atoms with Crippen LogP contribution in [-0.2, 0) is 0 Å². The molecule has 2 aromatic rings. The molecule has 3 heterocycles. The van der Waals surface area contributed by atoms with Crippen molar-refractivity contribution >= 4 is 17.5 Å². The van der Waals surface area contributed by atoms with E-state index in [2.05, 4.69) is 4.98 Å². The van der Waals surface area contributed by atoms with Crippen molar-refractivity contribution < 1.29 is 13.9 Å². The number of carbonyl (C=O) groups is 1. The molecule has 6 heteroatoms. The number of aromatic nitrogens is 1. The van der Waals surface area contributed by atoms with Crippen molar-refractivity contribution in [3.63, 3.8) is 0 Å². The first-order chi connectivity index (χ1) is 10.0. The Labute approximate surface area is 127 Å². The third-order valence-electron chi connectivity index (χ3n) is 3.39. The number of amides is 1. The van der Waals surface area contributed by atoms with Gasteiger partial charge in [-0.15, -0.1) is 0 Å². The molecule has 1 amide bonds. The third kappa shape index (κ3) is 2.88. The molecule has 1 fully saturated rings. The predicted molar refractivity (Wildman–Crippen MR) is 77.7 cm³/mol. The topological polar surface area (TPSA) is 55.6 Å². The van der Waals surface area contributed by atoms with Gasteiger partial charge in [0.1, 0.15) is 17.6 Å². The lowest BCUT2D eigenvalue weighted by Gasteiger charge is -2.38. The Morgan fingerprint density at radius 3 is 2.76 bits per heavy atom. The van der Waals surface area contributed by atoms with Gasteiger partial charge in [-0.3, -0.25) is 4.79 Å². The summed E-state index contributed by atoms with van der Waals surface area (Å²) in [4.78, 5) is 18.1. The van der Waals surface area contributed by atoms with E-state index in [9.17, 15) is 4.79 Å². The smallest absolute Gasteiger partial charge is 0.257 e. The van der Waals surface area contributed by atoms with Crippen LogP contribution in [0, 0.1) is 13.8 Å². The number of halogens is 1. The first-order valence-electron chi connectivity index (χ1n) is 6.67. The second-order valence-corrected chi connectivity index (χ2v) is 5.53. The molecule has 0 saturated carbocycles. The van der Waals surface area contributed by atoms with Crippen LogP contribution in [-0.4, -0.2) is 35.0 Å². The maximum absolute atomic E-state index is 12.3. The van der Waals surface area contributed by atoms with Gasteiger partial charge >= 0.3 is 0 Å². The van der Waals surface area contributed by atoms with Gasteiger partial charge in [0.25, 0.3) is 5.91 Å². The highest BCUT2D eigenvalue weighted by Crippen LogP contribution is 2.22. The summed E-state index contributed by atoms with van der Waals surface area (Å²) in [5, 5.41) is 0.568. The molecule has 1 aliphatic heterocycles. The number of carbonyl (C=O) groups excluding carboxylic acids is 1. The van der Waals surface area contributed by atoms with E-state index in [0.717, 1.165) is 5.76 Å². The summed E-state index contributed by atoms with van der Waals surface area (Å²) in [6.07, 6.45) is 1.51. The minimum Gasteiger partial charge on any atom is -0.471 e. The number of nitrogens with zero attached hydrogens (tertiary/aromatic N) is 2. The fourth-order valence-corrected chi connectivity index (χ4v) is 2.41. The highest BCUT2D eigenvalue weighted by molar-refractivity contribution is 6.30. The molecule has 0 aliphatic carbocycles. The Bertz CT molecular complexity index is 660. The van der Waals surface area contributed by atoms with Crippen LogP contribution in [0.5, 0.6) is 5.88 Å². The van der Waals surface area contributed by atoms with Gasteiger partial charge in [-0.25, -0.2) is 4.98 Å². The molecular weight excluding hydrogens is 292 g/mol. The number of furan rings is 1. The second-order valence-electron chi connectivity index (χ2n) is 5.09. The molecule has 0 spiro atoms. The van der Waals surface area contributed by atoms with Gasteiger partial charge in [-0.1, -0.05) is 11.6 Å². The van der Waals surface area contributed by atoms with E-state index in [-0.39, 0.29) is 12.0 Å². The van der Waals surface area contributed by atoms with Crippen LogP contribution in [0.15, 0.2) is 28.8 Å². The maximum atomic E-state index is 12.3. The molecule has 110 valence electrons. The molecule has 1 aliphatic rings. The quantitative estimate of drug-likeness (QED) is 0.875. The van der Waals surface area contributed by atoms with Crippen LogP contribution in [0.2, 0.25) is 5.02 Å². The van der Waals surface area contributed by atoms with Gasteiger partial charge in [0.05, 0.1) is 23.7 Å². The molecule has 1 saturated heterocycles. The van der Waals surface area contributed by atoms with Gasteiger partial charge in [-0.2, -0.15) is 0 Å². The Balaban J connectivity index is 1.57. The number of likely N-dealkylation sites (tertiary alicyclic amines) is 1. The molecule has 0 atom stereocenters. The molecule has 0 aromatic carbocycles. The predicted octanol–water partition coefficient (Wildman–Crippen LogP) is 2.85. The molecule has 0 radical (unpaired) electrons. The van der Waals surface area contributed by atoms with Crippen molar-refractivity contribution in [2.24, 2.45) is 0 Å². The van der Waals surface area contributed by atoms with Crippen molar-refractivity contribution in [1.29, 1.82) is 0 Å². The lowest BCUT2D eigenvalue weighted by atomic mass is 10.1. The van der Waals surface area contributed by atoms with Gasteiger partial charge in [0.15, 0.2) is 0 Å². The molecular formula is C15H15ClN2O3. The van der Waals surface area contributed by atoms with Gasteiger partial charge in [0.2, 0.25) is 5.88 Å². The fraction of sp³-hybridized carbons (Fsp3) is 0.333. The zero-order chi connectivity index (χ0) is 15.0. The summed E-state index contributed by atoms with van der Waals surface area (Å²) >= 11 is 5.77. The van der Waals surface area contributed by atoms with Crippen LogP contribution >= 0.6 is 11.6 Å². The van der Waals surface area contributed by atoms with Crippen LogP contribution < -0.4 is 4.74 Å². The highest BCUT2D eigenvalue weighted by atomic mass is 35.5. The Kier molecular flexibility index (Phi) is 3.59. The van der Waals surface area contributed by atoms with E-state index in [1.54, 1.807) is 30.0 Å². The van der Waals surface area contributed by atoms with Crippen molar-refractivity contribution in [3.05, 3.63) is 46.5 Å². The first kappa shape index (κ1) is 13.9. The van der Waals surface area contributed by atoms with E-state index in [4.69, 9.17) is 20.8 Å². The van der Waals surface area contributed by atoms with E-state index in [0.29, 0.717) is 35.3 Å². The minimum absolute atomic E-state index is 0.0201. The first-order valence-corrected chi connectivity index (χ1v) is 7.05. The van der Waals surface area contributed by atoms with Gasteiger partial charge in [0, 0.05) is 12.3 Å². The fourth-order valence-electron chi connectivity index (χ4n) is 2.29. The van der Waals surface area contributed by atoms with Crippen molar-refractivity contribution in [3.8, 4) is 5.88 Å². The highest BCUT2D eigenvalue weighted by Gasteiger charge is 2.34. The Hall–Kier alpha value is -2.01. The number of hydrogen-bond donors (Lipinski definition) is 0. The van der Waals surface area contributed by atoms with E-state index in [1.165, 1.54) is 6.20 Å². The molecule has 5 nitrogen and oxygen atoms in total. The molecule has 3 rings (SSSR count). The zero-order valence-corrected chi connectivity index (χ0v) is 12.6. The van der Waals surface area contributed by atoms with Crippen molar-refractivity contribution in [2.45, 2.75) is 20.0 Å². The summed E-state index contributed by atoms with van der Waals surface area (Å²) < 4.78 is 11.1. The molecule has 0 N–H and O–H groups in total. The monoisotopic (exact) mass is 306 g/mol. The minimum atomic E-state index is -0.0315. The van der Waals surface area contributed by atoms with E-state index in [1.807, 2.05) is 6.92 Å². The van der Waals surface area contributed by atoms with Gasteiger partial charge in [-0.05, 0) is 26.0 Å². The average Bonchev–Trinajstić information content (AvgIpc) is 2.74. The third-order valence-corrected chi connectivity index (χ3v) is 3.62. The standard InChI is InChI=1S/C15H15ClN2O3/c1-9-5-13(10(2)20-9)15(19)18-7-12(8-18)21-14-4-3-11(16)6-17-14/h3-6,12H,7-8H2,1-2H3. The van der Waals surface area contributed by atoms with Crippen LogP contribution in [0.4, 0.5) is 0 Å². The molecule has 0 bridgehead atoms. The lowest BCUT2D eigenvalue weighted by Crippen LogP contribution is -2.56. The number of pyridine rings is 1. The summed E-state index contributed by atoms with van der Waals surface area (Å²) in [6, 6.07) is 5.21. The van der Waals surface area contributed by atoms with E-state index < -0.39 is 0 Å². The summed E-state index contributed by atoms with van der Waals surface area (Å²) in [5.41, 5.74) is 0.621. The summed E-state index contributed by atoms with van der Waals surface area (Å²) in [6.45, 7) is 4.73. The summed E-state index contributed by atoms with van der Waals surface area (Å²) in [7, 11) is 0. The molecule has 2 aromatic heterocycles. The number of hydrogen-bond acceptors (Lipinski definition) is 4. The lowest BCUT2D eigenvalue weighted by molar-refractivity contribution is 0.0159. The normalized spacial score (nSPS) is 14.9. The van der Waals surface area contributed by atoms with Crippen molar-refractivity contribution in [1.82, 2.24) is 9.88 Å². The van der Waals surface area contributed by atoms with Crippen LogP contribution in [0.25, 0.3) is 0 Å². The maximum Gasteiger partial charge on any atom is 0.257 e. The number of aryl methyl sites for hydroxylation is 2. The zero-order valence-electron chi connectivity index (χ0n) is 11.8. The second kappa shape index (κ2) is 5.41. The molecule has 21 heavy (non-hydrogen) atoms. The van der Waals surface area contributed by atoms with Crippen LogP contribution in [0.1, 0.15) is 21.9 Å². The largest absolute Gasteiger partial charge is 0.471 e. The summed E-state index contributed by atoms with van der Waals surface area (Å²) in [5.74, 6) is 1.90. The number of ether oxygens (including phenoxy) is 1. The van der Waals surface area contributed by atoms with Crippen LogP contribution in [0.3, 0.4) is 0 Å². The van der Waals surface area contributed by atoms with E-state index >= 15 is 0 Å². The SMILES string of the molecule is Cc1cc(C(=O)N2CC(Oc3ccc(Cl)cn3)C2)c(C)o1.